The molecule has 0 radical (unpaired) electrons. The molecule has 0 aliphatic heterocycles. The molecule has 0 saturated heterocycles. The van der Waals surface area contributed by atoms with Crippen LogP contribution in [0, 0.1) is 0 Å². The van der Waals surface area contributed by atoms with Crippen molar-refractivity contribution in [3.63, 3.8) is 0 Å². The molecule has 2 N–H and O–H groups in total. The van der Waals surface area contributed by atoms with E-state index in [0.717, 1.165) is 18.5 Å². The van der Waals surface area contributed by atoms with Crippen molar-refractivity contribution in [2.75, 3.05) is 0 Å². The second-order valence-electron chi connectivity index (χ2n) is 4.22. The van der Waals surface area contributed by atoms with Crippen LogP contribution < -0.4 is 5.73 Å². The van der Waals surface area contributed by atoms with E-state index in [4.69, 9.17) is 5.73 Å². The average Bonchev–Trinajstić information content (AvgIpc) is 2.38. The summed E-state index contributed by atoms with van der Waals surface area (Å²) >= 11 is 0. The summed E-state index contributed by atoms with van der Waals surface area (Å²) in [5, 5.41) is 0. The highest BCUT2D eigenvalue weighted by Gasteiger charge is 2.34. The minimum absolute atomic E-state index is 0.0585. The predicted molar refractivity (Wildman–Crippen MR) is 67.6 cm³/mol. The lowest BCUT2D eigenvalue weighted by Gasteiger charge is -2.14. The normalized spacial score (nSPS) is 11.3. The maximum absolute atomic E-state index is 13.0. The number of carbonyl (C=O) groups excluding carboxylic acids is 1. The van der Waals surface area contributed by atoms with Crippen LogP contribution >= 0.6 is 0 Å². The maximum Gasteiger partial charge on any atom is 0.417 e. The summed E-state index contributed by atoms with van der Waals surface area (Å²) in [6.07, 6.45) is -2.38. The van der Waals surface area contributed by atoms with E-state index < -0.39 is 17.6 Å². The predicted octanol–water partition coefficient (Wildman–Crippen LogP) is 2.80. The smallest absolute Gasteiger partial charge is 0.369 e. The number of benzene rings is 1. The van der Waals surface area contributed by atoms with Crippen molar-refractivity contribution in [3.8, 4) is 11.1 Å². The number of pyridine rings is 1. The van der Waals surface area contributed by atoms with E-state index in [-0.39, 0.29) is 12.0 Å². The summed E-state index contributed by atoms with van der Waals surface area (Å²) in [5.74, 6) is -0.602. The minimum Gasteiger partial charge on any atom is -0.369 e. The van der Waals surface area contributed by atoms with Crippen molar-refractivity contribution in [3.05, 3.63) is 53.9 Å². The van der Waals surface area contributed by atoms with Gasteiger partial charge in [0.25, 0.3) is 0 Å². The molecule has 0 atom stereocenters. The number of alkyl halides is 3. The molecule has 1 aromatic heterocycles. The third-order valence-electron chi connectivity index (χ3n) is 2.80. The van der Waals surface area contributed by atoms with E-state index in [0.29, 0.717) is 11.1 Å². The molecule has 1 aromatic carbocycles. The minimum atomic E-state index is -4.49. The van der Waals surface area contributed by atoms with Crippen molar-refractivity contribution >= 4 is 5.91 Å². The molecule has 0 saturated carbocycles. The molecule has 1 amide bonds. The number of amides is 1. The van der Waals surface area contributed by atoms with Gasteiger partial charge in [0.1, 0.15) is 0 Å². The van der Waals surface area contributed by atoms with Gasteiger partial charge < -0.3 is 5.73 Å². The Hall–Kier alpha value is -2.37. The average molecular weight is 280 g/mol. The monoisotopic (exact) mass is 280 g/mol. The van der Waals surface area contributed by atoms with Gasteiger partial charge in [0.15, 0.2) is 0 Å². The van der Waals surface area contributed by atoms with Gasteiger partial charge in [-0.2, -0.15) is 13.2 Å². The SMILES string of the molecule is NC(=O)Cc1ccccc1-c1cnccc1C(F)(F)F. The zero-order valence-corrected chi connectivity index (χ0v) is 10.3. The Balaban J connectivity index is 2.61. The van der Waals surface area contributed by atoms with E-state index in [1.165, 1.54) is 6.07 Å². The second-order valence-corrected chi connectivity index (χ2v) is 4.22. The van der Waals surface area contributed by atoms with Gasteiger partial charge in [0, 0.05) is 18.0 Å². The molecular weight excluding hydrogens is 269 g/mol. The van der Waals surface area contributed by atoms with Crippen molar-refractivity contribution in [2.45, 2.75) is 12.6 Å². The molecule has 2 rings (SSSR count). The largest absolute Gasteiger partial charge is 0.417 e. The zero-order valence-electron chi connectivity index (χ0n) is 10.3. The van der Waals surface area contributed by atoms with E-state index in [9.17, 15) is 18.0 Å². The van der Waals surface area contributed by atoms with E-state index in [2.05, 4.69) is 4.98 Å². The lowest BCUT2D eigenvalue weighted by Crippen LogP contribution is -2.15. The number of rotatable bonds is 3. The zero-order chi connectivity index (χ0) is 14.8. The van der Waals surface area contributed by atoms with Crippen LogP contribution in [0.4, 0.5) is 13.2 Å². The lowest BCUT2D eigenvalue weighted by atomic mass is 9.95. The number of nitrogens with zero attached hydrogens (tertiary/aromatic N) is 1. The number of aromatic nitrogens is 1. The summed E-state index contributed by atoms with van der Waals surface area (Å²) in [6.45, 7) is 0. The van der Waals surface area contributed by atoms with Gasteiger partial charge in [-0.25, -0.2) is 0 Å². The molecule has 3 nitrogen and oxygen atoms in total. The summed E-state index contributed by atoms with van der Waals surface area (Å²) in [6, 6.07) is 7.26. The summed E-state index contributed by atoms with van der Waals surface area (Å²) in [5.41, 5.74) is 5.03. The van der Waals surface area contributed by atoms with Crippen molar-refractivity contribution in [2.24, 2.45) is 5.73 Å². The molecule has 0 unspecified atom stereocenters. The molecule has 0 aliphatic carbocycles. The van der Waals surface area contributed by atoms with Crippen molar-refractivity contribution in [1.82, 2.24) is 4.98 Å². The quantitative estimate of drug-likeness (QED) is 0.939. The summed E-state index contributed by atoms with van der Waals surface area (Å²) < 4.78 is 39.0. The summed E-state index contributed by atoms with van der Waals surface area (Å²) in [4.78, 5) is 14.8. The Kier molecular flexibility index (Phi) is 3.74. The van der Waals surface area contributed by atoms with Gasteiger partial charge in [-0.1, -0.05) is 24.3 Å². The first-order chi connectivity index (χ1) is 9.39. The molecule has 20 heavy (non-hydrogen) atoms. The molecular formula is C14H11F3N2O. The maximum atomic E-state index is 13.0. The fraction of sp³-hybridized carbons (Fsp3) is 0.143. The van der Waals surface area contributed by atoms with Gasteiger partial charge in [0.2, 0.25) is 5.91 Å². The Morgan fingerprint density at radius 3 is 2.50 bits per heavy atom. The van der Waals surface area contributed by atoms with Crippen LogP contribution in [-0.4, -0.2) is 10.9 Å². The number of primary amides is 1. The van der Waals surface area contributed by atoms with E-state index in [1.807, 2.05) is 0 Å². The Morgan fingerprint density at radius 1 is 1.15 bits per heavy atom. The van der Waals surface area contributed by atoms with Crippen LogP contribution in [-0.2, 0) is 17.4 Å². The fourth-order valence-electron chi connectivity index (χ4n) is 1.98. The van der Waals surface area contributed by atoms with Gasteiger partial charge >= 0.3 is 6.18 Å². The molecule has 2 aromatic rings. The Morgan fingerprint density at radius 2 is 1.85 bits per heavy atom. The fourth-order valence-corrected chi connectivity index (χ4v) is 1.98. The standard InChI is InChI=1S/C14H11F3N2O/c15-14(16,17)12-5-6-19-8-11(12)10-4-2-1-3-9(10)7-13(18)20/h1-6,8H,7H2,(H2,18,20). The van der Waals surface area contributed by atoms with Crippen molar-refractivity contribution in [1.29, 1.82) is 0 Å². The Bertz CT molecular complexity index is 638. The van der Waals surface area contributed by atoms with Gasteiger partial charge in [-0.3, -0.25) is 9.78 Å². The highest BCUT2D eigenvalue weighted by molar-refractivity contribution is 5.81. The highest BCUT2D eigenvalue weighted by atomic mass is 19.4. The second kappa shape index (κ2) is 5.32. The first kappa shape index (κ1) is 14.0. The van der Waals surface area contributed by atoms with Crippen LogP contribution in [0.25, 0.3) is 11.1 Å². The van der Waals surface area contributed by atoms with Gasteiger partial charge in [-0.15, -0.1) is 0 Å². The number of nitrogens with two attached hydrogens (primary N) is 1. The number of halogens is 3. The molecule has 104 valence electrons. The van der Waals surface area contributed by atoms with Crippen LogP contribution in [0.2, 0.25) is 0 Å². The lowest BCUT2D eigenvalue weighted by molar-refractivity contribution is -0.137. The van der Waals surface area contributed by atoms with Gasteiger partial charge in [0.05, 0.1) is 12.0 Å². The van der Waals surface area contributed by atoms with Crippen molar-refractivity contribution < 1.29 is 18.0 Å². The van der Waals surface area contributed by atoms with Crippen LogP contribution in [0.5, 0.6) is 0 Å². The van der Waals surface area contributed by atoms with Crippen LogP contribution in [0.15, 0.2) is 42.7 Å². The number of carbonyl (C=O) groups is 1. The van der Waals surface area contributed by atoms with Crippen LogP contribution in [0.3, 0.4) is 0 Å². The first-order valence-corrected chi connectivity index (χ1v) is 5.77. The molecule has 6 heteroatoms. The topological polar surface area (TPSA) is 56.0 Å². The molecule has 0 spiro atoms. The number of hydrogen-bond acceptors (Lipinski definition) is 2. The molecule has 1 heterocycles. The Labute approximate surface area is 113 Å². The third kappa shape index (κ3) is 2.96. The highest BCUT2D eigenvalue weighted by Crippen LogP contribution is 2.37. The van der Waals surface area contributed by atoms with E-state index >= 15 is 0 Å². The molecule has 0 bridgehead atoms. The third-order valence-corrected chi connectivity index (χ3v) is 2.80. The first-order valence-electron chi connectivity index (χ1n) is 5.77. The van der Waals surface area contributed by atoms with E-state index in [1.54, 1.807) is 18.2 Å². The van der Waals surface area contributed by atoms with Gasteiger partial charge in [-0.05, 0) is 17.2 Å². The number of hydrogen-bond donors (Lipinski definition) is 1. The molecule has 0 fully saturated rings. The summed E-state index contributed by atoms with van der Waals surface area (Å²) in [7, 11) is 0. The van der Waals surface area contributed by atoms with Crippen LogP contribution in [0.1, 0.15) is 11.1 Å². The molecule has 0 aliphatic rings.